The summed E-state index contributed by atoms with van der Waals surface area (Å²) in [4.78, 5) is 12.9. The highest BCUT2D eigenvalue weighted by Gasteiger charge is 2.20. The number of sulfonamides is 1. The van der Waals surface area contributed by atoms with Crippen molar-refractivity contribution in [1.29, 1.82) is 0 Å². The van der Waals surface area contributed by atoms with Gasteiger partial charge in [-0.25, -0.2) is 8.42 Å². The van der Waals surface area contributed by atoms with Crippen LogP contribution in [0.25, 0.3) is 0 Å². The Balaban J connectivity index is 2.32. The standard InChI is InChI=1S/C20H25ClN2O5S/c1-6-17(13-7-10-18(27-3)19(11-13)28-4)22-20(24)15-12-14(8-9-16(15)21)23(2)29(5,25)26/h7-12,17H,6H2,1-5H3,(H,22,24). The lowest BCUT2D eigenvalue weighted by Gasteiger charge is -2.21. The molecule has 0 spiro atoms. The first kappa shape index (κ1) is 22.8. The van der Waals surface area contributed by atoms with Crippen LogP contribution in [0, 0.1) is 0 Å². The molecule has 0 aliphatic rings. The molecule has 1 amide bonds. The normalized spacial score (nSPS) is 12.2. The van der Waals surface area contributed by atoms with Crippen LogP contribution < -0.4 is 19.1 Å². The summed E-state index contributed by atoms with van der Waals surface area (Å²) >= 11 is 6.20. The van der Waals surface area contributed by atoms with Crippen molar-refractivity contribution in [2.45, 2.75) is 19.4 Å². The molecule has 0 aromatic heterocycles. The molecule has 0 bridgehead atoms. The van der Waals surface area contributed by atoms with E-state index in [1.807, 2.05) is 19.1 Å². The molecule has 0 heterocycles. The number of ether oxygens (including phenoxy) is 2. The monoisotopic (exact) mass is 440 g/mol. The topological polar surface area (TPSA) is 84.9 Å². The minimum absolute atomic E-state index is 0.193. The summed E-state index contributed by atoms with van der Waals surface area (Å²) in [7, 11) is 1.05. The molecule has 158 valence electrons. The van der Waals surface area contributed by atoms with E-state index in [-0.39, 0.29) is 16.6 Å². The first-order valence-electron chi connectivity index (χ1n) is 8.88. The van der Waals surface area contributed by atoms with Gasteiger partial charge in [0.1, 0.15) is 0 Å². The number of nitrogens with zero attached hydrogens (tertiary/aromatic N) is 1. The molecule has 0 aliphatic heterocycles. The van der Waals surface area contributed by atoms with E-state index >= 15 is 0 Å². The Morgan fingerprint density at radius 1 is 1.14 bits per heavy atom. The number of amides is 1. The van der Waals surface area contributed by atoms with Crippen molar-refractivity contribution in [1.82, 2.24) is 5.32 Å². The van der Waals surface area contributed by atoms with Crippen LogP contribution in [0.3, 0.4) is 0 Å². The van der Waals surface area contributed by atoms with E-state index in [2.05, 4.69) is 5.32 Å². The molecular formula is C20H25ClN2O5S. The third-order valence-electron chi connectivity index (χ3n) is 4.58. The van der Waals surface area contributed by atoms with E-state index in [4.69, 9.17) is 21.1 Å². The van der Waals surface area contributed by atoms with E-state index in [0.717, 1.165) is 16.1 Å². The predicted molar refractivity (Wildman–Crippen MR) is 115 cm³/mol. The van der Waals surface area contributed by atoms with Gasteiger partial charge in [0.2, 0.25) is 10.0 Å². The van der Waals surface area contributed by atoms with Crippen LogP contribution in [0.15, 0.2) is 36.4 Å². The minimum atomic E-state index is -3.46. The zero-order chi connectivity index (χ0) is 21.8. The first-order chi connectivity index (χ1) is 13.6. The first-order valence-corrected chi connectivity index (χ1v) is 11.1. The van der Waals surface area contributed by atoms with Crippen LogP contribution in [0.4, 0.5) is 5.69 Å². The number of carbonyl (C=O) groups excluding carboxylic acids is 1. The Morgan fingerprint density at radius 2 is 1.79 bits per heavy atom. The van der Waals surface area contributed by atoms with Crippen LogP contribution in [-0.2, 0) is 10.0 Å². The van der Waals surface area contributed by atoms with Crippen LogP contribution in [0.5, 0.6) is 11.5 Å². The summed E-state index contributed by atoms with van der Waals surface area (Å²) in [6, 6.07) is 9.65. The lowest BCUT2D eigenvalue weighted by atomic mass is 10.0. The summed E-state index contributed by atoms with van der Waals surface area (Å²) in [6.07, 6.45) is 1.72. The molecule has 1 N–H and O–H groups in total. The number of methoxy groups -OCH3 is 2. The second-order valence-corrected chi connectivity index (χ2v) is 8.86. The van der Waals surface area contributed by atoms with Crippen molar-refractivity contribution in [3.8, 4) is 11.5 Å². The molecule has 0 saturated carbocycles. The molecule has 2 rings (SSSR count). The predicted octanol–water partition coefficient (Wildman–Crippen LogP) is 3.63. The summed E-state index contributed by atoms with van der Waals surface area (Å²) < 4.78 is 35.3. The fourth-order valence-electron chi connectivity index (χ4n) is 2.80. The van der Waals surface area contributed by atoms with Crippen molar-refractivity contribution in [3.05, 3.63) is 52.5 Å². The number of anilines is 1. The maximum Gasteiger partial charge on any atom is 0.253 e. The lowest BCUT2D eigenvalue weighted by molar-refractivity contribution is 0.0935. The van der Waals surface area contributed by atoms with E-state index in [1.165, 1.54) is 19.2 Å². The third kappa shape index (κ3) is 5.33. The molecule has 7 nitrogen and oxygen atoms in total. The van der Waals surface area contributed by atoms with Gasteiger partial charge in [0.15, 0.2) is 11.5 Å². The van der Waals surface area contributed by atoms with Gasteiger partial charge in [0.05, 0.1) is 42.8 Å². The van der Waals surface area contributed by atoms with Gasteiger partial charge in [-0.2, -0.15) is 0 Å². The molecule has 0 saturated heterocycles. The molecular weight excluding hydrogens is 416 g/mol. The van der Waals surface area contributed by atoms with Crippen molar-refractivity contribution in [3.63, 3.8) is 0 Å². The smallest absolute Gasteiger partial charge is 0.253 e. The molecule has 2 aromatic rings. The van der Waals surface area contributed by atoms with E-state index in [1.54, 1.807) is 26.4 Å². The Bertz CT molecular complexity index is 994. The number of rotatable bonds is 8. The van der Waals surface area contributed by atoms with Gasteiger partial charge in [-0.15, -0.1) is 0 Å². The van der Waals surface area contributed by atoms with E-state index < -0.39 is 15.9 Å². The number of benzene rings is 2. The Hall–Kier alpha value is -2.45. The molecule has 0 radical (unpaired) electrons. The number of halogens is 1. The molecule has 9 heteroatoms. The highest BCUT2D eigenvalue weighted by atomic mass is 35.5. The van der Waals surface area contributed by atoms with E-state index in [0.29, 0.717) is 23.6 Å². The lowest BCUT2D eigenvalue weighted by Crippen LogP contribution is -2.29. The maximum atomic E-state index is 12.9. The van der Waals surface area contributed by atoms with Crippen molar-refractivity contribution < 1.29 is 22.7 Å². The average molecular weight is 441 g/mol. The number of hydrogen-bond donors (Lipinski definition) is 1. The second kappa shape index (κ2) is 9.37. The van der Waals surface area contributed by atoms with Gasteiger partial charge in [-0.05, 0) is 42.3 Å². The van der Waals surface area contributed by atoms with Gasteiger partial charge in [0, 0.05) is 7.05 Å². The molecule has 0 aliphatic carbocycles. The van der Waals surface area contributed by atoms with Gasteiger partial charge in [-0.1, -0.05) is 24.6 Å². The zero-order valence-corrected chi connectivity index (χ0v) is 18.6. The van der Waals surface area contributed by atoms with Gasteiger partial charge in [0.25, 0.3) is 5.91 Å². The molecule has 0 fully saturated rings. The second-order valence-electron chi connectivity index (χ2n) is 6.44. The fourth-order valence-corrected chi connectivity index (χ4v) is 3.50. The van der Waals surface area contributed by atoms with E-state index in [9.17, 15) is 13.2 Å². The van der Waals surface area contributed by atoms with Crippen molar-refractivity contribution in [2.75, 3.05) is 31.8 Å². The maximum absolute atomic E-state index is 12.9. The highest BCUT2D eigenvalue weighted by molar-refractivity contribution is 7.92. The zero-order valence-electron chi connectivity index (χ0n) is 17.0. The highest BCUT2D eigenvalue weighted by Crippen LogP contribution is 2.31. The van der Waals surface area contributed by atoms with Crippen molar-refractivity contribution in [2.24, 2.45) is 0 Å². The SMILES string of the molecule is CCC(NC(=O)c1cc(N(C)S(C)(=O)=O)ccc1Cl)c1ccc(OC)c(OC)c1. The summed E-state index contributed by atoms with van der Waals surface area (Å²) in [5.74, 6) is 0.755. The Kier molecular flexibility index (Phi) is 7.37. The van der Waals surface area contributed by atoms with Gasteiger partial charge >= 0.3 is 0 Å². The summed E-state index contributed by atoms with van der Waals surface area (Å²) in [5, 5.41) is 3.18. The average Bonchev–Trinajstić information content (AvgIpc) is 2.70. The largest absolute Gasteiger partial charge is 0.493 e. The van der Waals surface area contributed by atoms with Gasteiger partial charge < -0.3 is 14.8 Å². The fraction of sp³-hybridized carbons (Fsp3) is 0.350. The Morgan fingerprint density at radius 3 is 2.34 bits per heavy atom. The molecule has 1 unspecified atom stereocenters. The number of carbonyl (C=O) groups is 1. The molecule has 2 aromatic carbocycles. The van der Waals surface area contributed by atoms with Crippen molar-refractivity contribution >= 4 is 33.2 Å². The molecule has 1 atom stereocenters. The third-order valence-corrected chi connectivity index (χ3v) is 6.11. The summed E-state index contributed by atoms with van der Waals surface area (Å²) in [6.45, 7) is 1.94. The van der Waals surface area contributed by atoms with Gasteiger partial charge in [-0.3, -0.25) is 9.10 Å². The molecule has 29 heavy (non-hydrogen) atoms. The number of nitrogens with one attached hydrogen (secondary N) is 1. The van der Waals surface area contributed by atoms with Crippen LogP contribution >= 0.6 is 11.6 Å². The number of hydrogen-bond acceptors (Lipinski definition) is 5. The summed E-state index contributed by atoms with van der Waals surface area (Å²) in [5.41, 5.74) is 1.39. The quantitative estimate of drug-likeness (QED) is 0.677. The Labute approximate surface area is 176 Å². The van der Waals surface area contributed by atoms with Crippen LogP contribution in [-0.4, -0.2) is 41.8 Å². The minimum Gasteiger partial charge on any atom is -0.493 e. The van der Waals surface area contributed by atoms with Crippen LogP contribution in [0.2, 0.25) is 5.02 Å². The van der Waals surface area contributed by atoms with Crippen LogP contribution in [0.1, 0.15) is 35.3 Å².